The molecule has 0 aliphatic rings. The fourth-order valence-corrected chi connectivity index (χ4v) is 3.64. The third-order valence-corrected chi connectivity index (χ3v) is 5.36. The van der Waals surface area contributed by atoms with Crippen LogP contribution in [0.5, 0.6) is 0 Å². The van der Waals surface area contributed by atoms with Crippen molar-refractivity contribution in [2.24, 2.45) is 0 Å². The average molecular weight is 406 g/mol. The molecule has 0 radical (unpaired) electrons. The van der Waals surface area contributed by atoms with Gasteiger partial charge in [0.2, 0.25) is 5.82 Å². The van der Waals surface area contributed by atoms with Crippen LogP contribution in [0.3, 0.4) is 0 Å². The number of halogens is 1. The molecule has 0 saturated carbocycles. The second-order valence-corrected chi connectivity index (χ2v) is 7.72. The molecule has 2 aromatic carbocycles. The van der Waals surface area contributed by atoms with Crippen molar-refractivity contribution in [2.45, 2.75) is 13.5 Å². The molecule has 0 spiro atoms. The van der Waals surface area contributed by atoms with Gasteiger partial charge in [-0.2, -0.15) is 0 Å². The highest BCUT2D eigenvalue weighted by Crippen LogP contribution is 2.26. The van der Waals surface area contributed by atoms with E-state index >= 15 is 0 Å². The van der Waals surface area contributed by atoms with Gasteiger partial charge >= 0.3 is 0 Å². The van der Waals surface area contributed by atoms with E-state index in [1.807, 2.05) is 48.7 Å². The smallest absolute Gasteiger partial charge is 0.293 e. The lowest BCUT2D eigenvalue weighted by Gasteiger charge is -2.15. The van der Waals surface area contributed by atoms with Crippen molar-refractivity contribution in [3.8, 4) is 16.4 Å². The molecule has 2 heterocycles. The van der Waals surface area contributed by atoms with Crippen molar-refractivity contribution in [1.29, 1.82) is 0 Å². The summed E-state index contributed by atoms with van der Waals surface area (Å²) >= 11 is 1.50. The standard InChI is InChI=1S/C22H19FN4OS/c1-15-5-7-16(8-6-15)14-26(2)22(28)20-24-21(19-4-3-13-29-19)27(25-20)18-11-9-17(23)10-12-18/h3-13H,14H2,1-2H3. The van der Waals surface area contributed by atoms with Gasteiger partial charge < -0.3 is 4.90 Å². The maximum absolute atomic E-state index is 13.3. The summed E-state index contributed by atoms with van der Waals surface area (Å²) in [6.07, 6.45) is 0. The van der Waals surface area contributed by atoms with Gasteiger partial charge in [-0.25, -0.2) is 14.1 Å². The number of aryl methyl sites for hydroxylation is 1. The maximum atomic E-state index is 13.3. The molecule has 0 bridgehead atoms. The first kappa shape index (κ1) is 19.0. The third kappa shape index (κ3) is 4.09. The van der Waals surface area contributed by atoms with E-state index in [-0.39, 0.29) is 17.5 Å². The second-order valence-electron chi connectivity index (χ2n) is 6.77. The predicted octanol–water partition coefficient (Wildman–Crippen LogP) is 4.72. The zero-order chi connectivity index (χ0) is 20.4. The minimum Gasteiger partial charge on any atom is -0.335 e. The van der Waals surface area contributed by atoms with Crippen molar-refractivity contribution in [3.05, 3.63) is 88.8 Å². The summed E-state index contributed by atoms with van der Waals surface area (Å²) in [4.78, 5) is 19.9. The molecular weight excluding hydrogens is 387 g/mol. The van der Waals surface area contributed by atoms with Crippen LogP contribution in [0.25, 0.3) is 16.4 Å². The van der Waals surface area contributed by atoms with E-state index in [4.69, 9.17) is 0 Å². The van der Waals surface area contributed by atoms with Crippen LogP contribution in [0.15, 0.2) is 66.0 Å². The molecule has 4 rings (SSSR count). The Balaban J connectivity index is 1.66. The van der Waals surface area contributed by atoms with Gasteiger partial charge in [0.05, 0.1) is 10.6 Å². The van der Waals surface area contributed by atoms with Gasteiger partial charge in [0, 0.05) is 13.6 Å². The summed E-state index contributed by atoms with van der Waals surface area (Å²) in [5, 5.41) is 6.38. The van der Waals surface area contributed by atoms with E-state index in [1.165, 1.54) is 29.0 Å². The van der Waals surface area contributed by atoms with Crippen LogP contribution in [0.2, 0.25) is 0 Å². The molecular formula is C22H19FN4OS. The first-order valence-electron chi connectivity index (χ1n) is 9.09. The Morgan fingerprint density at radius 1 is 1.10 bits per heavy atom. The number of carbonyl (C=O) groups is 1. The number of benzene rings is 2. The lowest BCUT2D eigenvalue weighted by atomic mass is 10.1. The minimum atomic E-state index is -0.333. The van der Waals surface area contributed by atoms with Crippen LogP contribution < -0.4 is 0 Å². The van der Waals surface area contributed by atoms with Crippen LogP contribution in [0, 0.1) is 12.7 Å². The van der Waals surface area contributed by atoms with Gasteiger partial charge in [0.1, 0.15) is 5.82 Å². The number of carbonyl (C=O) groups excluding carboxylic acids is 1. The Kier molecular flexibility index (Phi) is 5.22. The number of hydrogen-bond donors (Lipinski definition) is 0. The Bertz CT molecular complexity index is 1120. The molecule has 1 amide bonds. The van der Waals surface area contributed by atoms with Gasteiger partial charge in [-0.15, -0.1) is 16.4 Å². The van der Waals surface area contributed by atoms with Gasteiger partial charge in [-0.3, -0.25) is 4.79 Å². The molecule has 0 saturated heterocycles. The SMILES string of the molecule is Cc1ccc(CN(C)C(=O)c2nc(-c3cccs3)n(-c3ccc(F)cc3)n2)cc1. The Morgan fingerprint density at radius 2 is 1.83 bits per heavy atom. The van der Waals surface area contributed by atoms with Crippen molar-refractivity contribution in [3.63, 3.8) is 0 Å². The molecule has 29 heavy (non-hydrogen) atoms. The predicted molar refractivity (Wildman–Crippen MR) is 112 cm³/mol. The molecule has 0 fully saturated rings. The lowest BCUT2D eigenvalue weighted by molar-refractivity contribution is 0.0773. The average Bonchev–Trinajstić information content (AvgIpc) is 3.39. The van der Waals surface area contributed by atoms with Crippen molar-refractivity contribution in [2.75, 3.05) is 7.05 Å². The summed E-state index contributed by atoms with van der Waals surface area (Å²) < 4.78 is 14.9. The number of amides is 1. The van der Waals surface area contributed by atoms with Crippen molar-refractivity contribution >= 4 is 17.2 Å². The second kappa shape index (κ2) is 7.97. The van der Waals surface area contributed by atoms with E-state index in [9.17, 15) is 9.18 Å². The molecule has 0 aliphatic carbocycles. The molecule has 7 heteroatoms. The minimum absolute atomic E-state index is 0.104. The molecule has 0 aliphatic heterocycles. The Hall–Kier alpha value is -3.32. The Labute approximate surface area is 172 Å². The largest absolute Gasteiger partial charge is 0.335 e. The van der Waals surface area contributed by atoms with Crippen LogP contribution >= 0.6 is 11.3 Å². The number of rotatable bonds is 5. The van der Waals surface area contributed by atoms with Crippen molar-refractivity contribution in [1.82, 2.24) is 19.7 Å². The fraction of sp³-hybridized carbons (Fsp3) is 0.136. The van der Waals surface area contributed by atoms with Crippen LogP contribution in [0.1, 0.15) is 21.7 Å². The molecule has 2 aromatic heterocycles. The van der Waals surface area contributed by atoms with E-state index in [0.717, 1.165) is 10.4 Å². The third-order valence-electron chi connectivity index (χ3n) is 4.50. The first-order chi connectivity index (χ1) is 14.0. The van der Waals surface area contributed by atoms with Gasteiger partial charge in [0.15, 0.2) is 5.82 Å². The highest BCUT2D eigenvalue weighted by Gasteiger charge is 2.22. The summed E-state index contributed by atoms with van der Waals surface area (Å²) in [5.41, 5.74) is 2.84. The van der Waals surface area contributed by atoms with E-state index in [2.05, 4.69) is 10.1 Å². The maximum Gasteiger partial charge on any atom is 0.293 e. The number of thiophene rings is 1. The van der Waals surface area contributed by atoms with E-state index in [1.54, 1.807) is 28.8 Å². The van der Waals surface area contributed by atoms with Crippen LogP contribution in [-0.2, 0) is 6.54 Å². The zero-order valence-electron chi connectivity index (χ0n) is 16.0. The molecule has 146 valence electrons. The van der Waals surface area contributed by atoms with Crippen LogP contribution in [0.4, 0.5) is 4.39 Å². The summed E-state index contributed by atoms with van der Waals surface area (Å²) in [5.74, 6) is 0.0518. The summed E-state index contributed by atoms with van der Waals surface area (Å²) in [6, 6.07) is 17.8. The van der Waals surface area contributed by atoms with Crippen LogP contribution in [-0.4, -0.2) is 32.6 Å². The highest BCUT2D eigenvalue weighted by atomic mass is 32.1. The fourth-order valence-electron chi connectivity index (χ4n) is 2.94. The van der Waals surface area contributed by atoms with Gasteiger partial charge in [-0.1, -0.05) is 35.9 Å². The van der Waals surface area contributed by atoms with Gasteiger partial charge in [0.25, 0.3) is 5.91 Å². The monoisotopic (exact) mass is 406 g/mol. The molecule has 0 N–H and O–H groups in total. The number of hydrogen-bond acceptors (Lipinski definition) is 4. The topological polar surface area (TPSA) is 51.0 Å². The first-order valence-corrected chi connectivity index (χ1v) is 9.97. The van der Waals surface area contributed by atoms with Crippen molar-refractivity contribution < 1.29 is 9.18 Å². The van der Waals surface area contributed by atoms with E-state index < -0.39 is 0 Å². The Morgan fingerprint density at radius 3 is 2.48 bits per heavy atom. The normalized spacial score (nSPS) is 10.9. The number of aromatic nitrogens is 3. The van der Waals surface area contributed by atoms with Gasteiger partial charge in [-0.05, 0) is 48.2 Å². The lowest BCUT2D eigenvalue weighted by Crippen LogP contribution is -2.27. The number of nitrogens with zero attached hydrogens (tertiary/aromatic N) is 4. The molecule has 0 atom stereocenters. The summed E-state index contributed by atoms with van der Waals surface area (Å²) in [7, 11) is 1.73. The molecule has 5 nitrogen and oxygen atoms in total. The molecule has 4 aromatic rings. The summed E-state index contributed by atoms with van der Waals surface area (Å²) in [6.45, 7) is 2.48. The zero-order valence-corrected chi connectivity index (χ0v) is 16.9. The quantitative estimate of drug-likeness (QED) is 0.482. The van der Waals surface area contributed by atoms with E-state index in [0.29, 0.717) is 18.1 Å². The highest BCUT2D eigenvalue weighted by molar-refractivity contribution is 7.13. The molecule has 0 unspecified atom stereocenters.